The van der Waals surface area contributed by atoms with Crippen molar-refractivity contribution in [3.05, 3.63) is 102 Å². The van der Waals surface area contributed by atoms with Crippen LogP contribution in [0.2, 0.25) is 0 Å². The monoisotopic (exact) mass is 316 g/mol. The van der Waals surface area contributed by atoms with E-state index in [0.717, 1.165) is 0 Å². The summed E-state index contributed by atoms with van der Waals surface area (Å²) in [6, 6.07) is 27.7. The quantitative estimate of drug-likeness (QED) is 0.539. The molecule has 0 atom stereocenters. The first kappa shape index (κ1) is 15.8. The number of phenols is 1. The maximum Gasteiger partial charge on any atom is 0.124 e. The summed E-state index contributed by atoms with van der Waals surface area (Å²) in [5.74, 6) is 0.237. The summed E-state index contributed by atoms with van der Waals surface area (Å²) in [4.78, 5) is 0. The Morgan fingerprint density at radius 3 is 1.75 bits per heavy atom. The average molecular weight is 316 g/mol. The minimum absolute atomic E-state index is 0.237. The van der Waals surface area contributed by atoms with Crippen molar-refractivity contribution in [1.82, 2.24) is 5.01 Å². The van der Waals surface area contributed by atoms with Crippen molar-refractivity contribution in [2.75, 3.05) is 0 Å². The maximum absolute atomic E-state index is 9.89. The van der Waals surface area contributed by atoms with Crippen LogP contribution in [0.15, 0.2) is 90.0 Å². The third-order valence-electron chi connectivity index (χ3n) is 3.71. The number of nitrogens with zero attached hydrogens (tertiary/aromatic N) is 2. The first-order valence-electron chi connectivity index (χ1n) is 7.96. The van der Waals surface area contributed by atoms with E-state index in [2.05, 4.69) is 29.4 Å². The van der Waals surface area contributed by atoms with Crippen LogP contribution in [0.5, 0.6) is 5.75 Å². The van der Waals surface area contributed by atoms with Crippen LogP contribution in [0.25, 0.3) is 0 Å². The summed E-state index contributed by atoms with van der Waals surface area (Å²) in [6.45, 7) is 1.42. The summed E-state index contributed by atoms with van der Waals surface area (Å²) >= 11 is 0. The molecule has 0 spiro atoms. The molecule has 120 valence electrons. The Bertz CT molecular complexity index is 744. The van der Waals surface area contributed by atoms with Gasteiger partial charge in [-0.05, 0) is 23.3 Å². The molecule has 0 bridgehead atoms. The predicted octanol–water partition coefficient (Wildman–Crippen LogP) is 4.43. The molecule has 0 saturated carbocycles. The van der Waals surface area contributed by atoms with Crippen molar-refractivity contribution < 1.29 is 5.11 Å². The van der Waals surface area contributed by atoms with Crippen molar-refractivity contribution in [3.8, 4) is 5.75 Å². The van der Waals surface area contributed by atoms with Gasteiger partial charge in [0.25, 0.3) is 0 Å². The normalized spacial score (nSPS) is 10.8. The minimum atomic E-state index is 0.237. The van der Waals surface area contributed by atoms with Gasteiger partial charge < -0.3 is 5.11 Å². The van der Waals surface area contributed by atoms with Gasteiger partial charge in [-0.2, -0.15) is 5.10 Å². The van der Waals surface area contributed by atoms with E-state index >= 15 is 0 Å². The van der Waals surface area contributed by atoms with E-state index in [1.54, 1.807) is 18.3 Å². The lowest BCUT2D eigenvalue weighted by molar-refractivity contribution is 0.272. The van der Waals surface area contributed by atoms with Crippen LogP contribution >= 0.6 is 0 Å². The summed E-state index contributed by atoms with van der Waals surface area (Å²) in [5.41, 5.74) is 3.11. The standard InChI is InChI=1S/C21H20N2O/c24-21-14-8-7-13-20(21)15-22-23(16-18-9-3-1-4-10-18)17-19-11-5-2-6-12-19/h1-15,24H,16-17H2/b22-15-. The molecule has 0 saturated heterocycles. The minimum Gasteiger partial charge on any atom is -0.507 e. The molecule has 0 aliphatic carbocycles. The molecule has 3 aromatic carbocycles. The van der Waals surface area contributed by atoms with Crippen molar-refractivity contribution >= 4 is 6.21 Å². The Morgan fingerprint density at radius 1 is 0.708 bits per heavy atom. The smallest absolute Gasteiger partial charge is 0.124 e. The molecule has 0 aliphatic rings. The van der Waals surface area contributed by atoms with Crippen LogP contribution in [0.4, 0.5) is 0 Å². The van der Waals surface area contributed by atoms with Gasteiger partial charge in [0.2, 0.25) is 0 Å². The van der Waals surface area contributed by atoms with E-state index in [-0.39, 0.29) is 5.75 Å². The van der Waals surface area contributed by atoms with Gasteiger partial charge in [-0.25, -0.2) is 0 Å². The lowest BCUT2D eigenvalue weighted by Crippen LogP contribution is -2.17. The molecule has 0 aromatic heterocycles. The Morgan fingerprint density at radius 2 is 1.21 bits per heavy atom. The zero-order chi connectivity index (χ0) is 16.6. The Kier molecular flexibility index (Phi) is 5.25. The van der Waals surface area contributed by atoms with Crippen LogP contribution < -0.4 is 0 Å². The van der Waals surface area contributed by atoms with E-state index in [1.165, 1.54) is 11.1 Å². The van der Waals surface area contributed by atoms with Gasteiger partial charge in [-0.15, -0.1) is 0 Å². The van der Waals surface area contributed by atoms with Gasteiger partial charge in [0, 0.05) is 5.56 Å². The van der Waals surface area contributed by atoms with Crippen molar-refractivity contribution in [1.29, 1.82) is 0 Å². The summed E-state index contributed by atoms with van der Waals surface area (Å²) in [7, 11) is 0. The lowest BCUT2D eigenvalue weighted by atomic mass is 10.2. The van der Waals surface area contributed by atoms with Crippen LogP contribution in [0.1, 0.15) is 16.7 Å². The number of hydrazone groups is 1. The molecular weight excluding hydrogens is 296 g/mol. The fraction of sp³-hybridized carbons (Fsp3) is 0.0952. The van der Waals surface area contributed by atoms with E-state index in [4.69, 9.17) is 0 Å². The second kappa shape index (κ2) is 7.97. The zero-order valence-corrected chi connectivity index (χ0v) is 13.4. The van der Waals surface area contributed by atoms with Crippen LogP contribution in [-0.4, -0.2) is 16.3 Å². The molecule has 0 amide bonds. The van der Waals surface area contributed by atoms with E-state index in [0.29, 0.717) is 18.7 Å². The Hall–Kier alpha value is -3.07. The van der Waals surface area contributed by atoms with Crippen molar-refractivity contribution in [3.63, 3.8) is 0 Å². The average Bonchev–Trinajstić information content (AvgIpc) is 2.62. The Labute approximate surface area is 142 Å². The summed E-state index contributed by atoms with van der Waals surface area (Å²) < 4.78 is 0. The number of hydrogen-bond acceptors (Lipinski definition) is 3. The van der Waals surface area contributed by atoms with Gasteiger partial charge >= 0.3 is 0 Å². The molecule has 1 N–H and O–H groups in total. The number of aromatic hydroxyl groups is 1. The molecule has 0 radical (unpaired) electrons. The van der Waals surface area contributed by atoms with Crippen molar-refractivity contribution in [2.24, 2.45) is 5.10 Å². The highest BCUT2D eigenvalue weighted by Crippen LogP contribution is 2.15. The predicted molar refractivity (Wildman–Crippen MR) is 97.8 cm³/mol. The molecular formula is C21H20N2O. The van der Waals surface area contributed by atoms with Gasteiger partial charge in [0.15, 0.2) is 0 Å². The SMILES string of the molecule is Oc1ccccc1/C=N\N(Cc1ccccc1)Cc1ccccc1. The lowest BCUT2D eigenvalue weighted by Gasteiger charge is -2.19. The van der Waals surface area contributed by atoms with Gasteiger partial charge in [0.05, 0.1) is 19.3 Å². The van der Waals surface area contributed by atoms with Gasteiger partial charge in [-0.3, -0.25) is 5.01 Å². The Balaban J connectivity index is 1.80. The fourth-order valence-corrected chi connectivity index (χ4v) is 2.47. The van der Waals surface area contributed by atoms with E-state index in [9.17, 15) is 5.11 Å². The second-order valence-corrected chi connectivity index (χ2v) is 5.60. The summed E-state index contributed by atoms with van der Waals surface area (Å²) in [5, 5.41) is 16.5. The fourth-order valence-electron chi connectivity index (χ4n) is 2.47. The first-order chi connectivity index (χ1) is 11.8. The van der Waals surface area contributed by atoms with Crippen LogP contribution in [0, 0.1) is 0 Å². The molecule has 3 heteroatoms. The molecule has 24 heavy (non-hydrogen) atoms. The van der Waals surface area contributed by atoms with Crippen LogP contribution in [-0.2, 0) is 13.1 Å². The molecule has 0 fully saturated rings. The highest BCUT2D eigenvalue weighted by atomic mass is 16.3. The molecule has 0 unspecified atom stereocenters. The van der Waals surface area contributed by atoms with E-state index in [1.807, 2.05) is 53.5 Å². The summed E-state index contributed by atoms with van der Waals surface area (Å²) in [6.07, 6.45) is 1.71. The molecule has 0 aliphatic heterocycles. The number of hydrogen-bond donors (Lipinski definition) is 1. The number of phenolic OH excluding ortho intramolecular Hbond substituents is 1. The maximum atomic E-state index is 9.89. The number of rotatable bonds is 6. The molecule has 0 heterocycles. The zero-order valence-electron chi connectivity index (χ0n) is 13.4. The van der Waals surface area contributed by atoms with Crippen LogP contribution in [0.3, 0.4) is 0 Å². The van der Waals surface area contributed by atoms with Crippen molar-refractivity contribution in [2.45, 2.75) is 13.1 Å². The van der Waals surface area contributed by atoms with Gasteiger partial charge in [0.1, 0.15) is 5.75 Å². The second-order valence-electron chi connectivity index (χ2n) is 5.60. The number of benzene rings is 3. The topological polar surface area (TPSA) is 35.8 Å². The van der Waals surface area contributed by atoms with Gasteiger partial charge in [-0.1, -0.05) is 72.8 Å². The highest BCUT2D eigenvalue weighted by Gasteiger charge is 2.04. The third kappa shape index (κ3) is 4.46. The number of para-hydroxylation sites is 1. The third-order valence-corrected chi connectivity index (χ3v) is 3.71. The molecule has 3 aromatic rings. The molecule has 3 rings (SSSR count). The first-order valence-corrected chi connectivity index (χ1v) is 7.96. The molecule has 3 nitrogen and oxygen atoms in total. The highest BCUT2D eigenvalue weighted by molar-refractivity contribution is 5.82. The van der Waals surface area contributed by atoms with E-state index < -0.39 is 0 Å². The largest absolute Gasteiger partial charge is 0.507 e.